The third kappa shape index (κ3) is 1.24. The van der Waals surface area contributed by atoms with Crippen LogP contribution in [0.5, 0.6) is 11.5 Å². The second-order valence-electron chi connectivity index (χ2n) is 7.89. The molecule has 0 saturated heterocycles. The molecule has 2 N–H and O–H groups in total. The lowest BCUT2D eigenvalue weighted by atomic mass is 9.59. The molecule has 4 aliphatic rings. The predicted molar refractivity (Wildman–Crippen MR) is 87.5 cm³/mol. The molecule has 5 atom stereocenters. The third-order valence-electron chi connectivity index (χ3n) is 6.73. The molecule has 5 unspecified atom stereocenters. The number of carbonyl (C=O) groups excluding carboxylic acids is 1. The largest absolute Gasteiger partial charge is 0.493 e. The topological polar surface area (TPSA) is 67.8 Å². The molecular formula is C19H21NO4. The summed E-state index contributed by atoms with van der Waals surface area (Å²) in [5.41, 5.74) is 0.0866. The van der Waals surface area contributed by atoms with Crippen LogP contribution in [0.2, 0.25) is 0 Å². The maximum Gasteiger partial charge on any atom is 0.196 e. The molecule has 5 rings (SSSR count). The van der Waals surface area contributed by atoms with Gasteiger partial charge in [0.15, 0.2) is 23.4 Å². The van der Waals surface area contributed by atoms with Crippen molar-refractivity contribution in [3.63, 3.8) is 0 Å². The van der Waals surface area contributed by atoms with E-state index in [-0.39, 0.29) is 17.2 Å². The number of likely N-dealkylation sites (N-methyl/N-ethyl adjacent to an activating group) is 1. The summed E-state index contributed by atoms with van der Waals surface area (Å²) >= 11 is 0. The normalized spacial score (nSPS) is 43.6. The van der Waals surface area contributed by atoms with Gasteiger partial charge in [0.1, 0.15) is 5.60 Å². The van der Waals surface area contributed by atoms with Gasteiger partial charge in [0.2, 0.25) is 0 Å². The Morgan fingerprint density at radius 2 is 2.21 bits per heavy atom. The van der Waals surface area contributed by atoms with Crippen LogP contribution >= 0.6 is 0 Å². The first-order valence-electron chi connectivity index (χ1n) is 8.41. The van der Waals surface area contributed by atoms with Crippen molar-refractivity contribution in [3.8, 4) is 11.5 Å². The second-order valence-corrected chi connectivity index (χ2v) is 7.89. The first kappa shape index (κ1) is 14.5. The van der Waals surface area contributed by atoms with Gasteiger partial charge in [0.05, 0.1) is 12.5 Å². The Labute approximate surface area is 140 Å². The number of hydrogen-bond donors (Lipinski definition) is 2. The van der Waals surface area contributed by atoms with E-state index in [4.69, 9.17) is 9.47 Å². The van der Waals surface area contributed by atoms with Gasteiger partial charge >= 0.3 is 0 Å². The van der Waals surface area contributed by atoms with E-state index in [9.17, 15) is 9.90 Å². The highest BCUT2D eigenvalue weighted by atomic mass is 16.5. The zero-order valence-corrected chi connectivity index (χ0v) is 14.1. The summed E-state index contributed by atoms with van der Waals surface area (Å²) in [6, 6.07) is 3.82. The van der Waals surface area contributed by atoms with Gasteiger partial charge in [-0.05, 0) is 49.1 Å². The first-order chi connectivity index (χ1) is 11.4. The van der Waals surface area contributed by atoms with E-state index in [2.05, 4.69) is 18.3 Å². The molecule has 24 heavy (non-hydrogen) atoms. The van der Waals surface area contributed by atoms with E-state index >= 15 is 0 Å². The fourth-order valence-corrected chi connectivity index (χ4v) is 6.14. The summed E-state index contributed by atoms with van der Waals surface area (Å²) in [7, 11) is 3.48. The van der Waals surface area contributed by atoms with Crippen LogP contribution in [0.1, 0.15) is 24.5 Å². The molecule has 1 spiro atoms. The maximum atomic E-state index is 12.7. The molecule has 2 bridgehead atoms. The predicted octanol–water partition coefficient (Wildman–Crippen LogP) is 1.12. The SMILES string of the molecule is CNC1C2(C)Cc3ccc(OC)c4c3C3(C2)C(O4)C(=O)C=CC13O. The van der Waals surface area contributed by atoms with Crippen molar-refractivity contribution in [2.45, 2.75) is 42.9 Å². The fraction of sp³-hybridized carbons (Fsp3) is 0.526. The zero-order valence-electron chi connectivity index (χ0n) is 14.1. The number of fused-ring (bicyclic) bond motifs is 1. The van der Waals surface area contributed by atoms with Crippen LogP contribution in [0.4, 0.5) is 0 Å². The number of ketones is 1. The monoisotopic (exact) mass is 327 g/mol. The molecule has 5 nitrogen and oxygen atoms in total. The molecule has 1 aliphatic heterocycles. The summed E-state index contributed by atoms with van der Waals surface area (Å²) < 4.78 is 11.6. The Bertz CT molecular complexity index is 818. The molecule has 1 fully saturated rings. The first-order valence-corrected chi connectivity index (χ1v) is 8.41. The van der Waals surface area contributed by atoms with Crippen molar-refractivity contribution < 1.29 is 19.4 Å². The molecule has 1 aromatic carbocycles. The van der Waals surface area contributed by atoms with Crippen LogP contribution in [0, 0.1) is 5.41 Å². The number of aliphatic hydroxyl groups is 1. The van der Waals surface area contributed by atoms with Crippen molar-refractivity contribution in [2.75, 3.05) is 14.2 Å². The lowest BCUT2D eigenvalue weighted by molar-refractivity contribution is -0.130. The minimum absolute atomic E-state index is 0.0788. The average molecular weight is 327 g/mol. The standard InChI is InChI=1S/C19H21NO4/c1-17-8-10-4-5-12(23-3)14-13(10)18(9-17)15(24-14)11(21)6-7-19(18,22)16(17)20-2/h4-7,15-16,20,22H,8-9H2,1-3H3. The number of hydrogen-bond acceptors (Lipinski definition) is 5. The molecule has 1 saturated carbocycles. The quantitative estimate of drug-likeness (QED) is 0.852. The Morgan fingerprint density at radius 3 is 2.92 bits per heavy atom. The molecule has 5 heteroatoms. The van der Waals surface area contributed by atoms with Gasteiger partial charge in [-0.3, -0.25) is 4.79 Å². The fourth-order valence-electron chi connectivity index (χ4n) is 6.14. The van der Waals surface area contributed by atoms with E-state index in [1.165, 1.54) is 6.08 Å². The van der Waals surface area contributed by atoms with Crippen LogP contribution in [0.25, 0.3) is 0 Å². The molecule has 126 valence electrons. The average Bonchev–Trinajstić information content (AvgIpc) is 2.97. The Kier molecular flexibility index (Phi) is 2.43. The number of rotatable bonds is 2. The van der Waals surface area contributed by atoms with E-state index in [0.29, 0.717) is 11.5 Å². The lowest BCUT2D eigenvalue weighted by Gasteiger charge is -2.45. The zero-order chi connectivity index (χ0) is 16.9. The summed E-state index contributed by atoms with van der Waals surface area (Å²) in [4.78, 5) is 12.7. The summed E-state index contributed by atoms with van der Waals surface area (Å²) in [6.07, 6.45) is 4.06. The van der Waals surface area contributed by atoms with Crippen LogP contribution in [-0.2, 0) is 16.6 Å². The van der Waals surface area contributed by atoms with Gasteiger partial charge in [-0.25, -0.2) is 0 Å². The van der Waals surface area contributed by atoms with Crippen molar-refractivity contribution in [1.29, 1.82) is 0 Å². The number of carbonyl (C=O) groups is 1. The number of ether oxygens (including phenoxy) is 2. The molecule has 0 amide bonds. The van der Waals surface area contributed by atoms with Crippen LogP contribution < -0.4 is 14.8 Å². The van der Waals surface area contributed by atoms with Crippen molar-refractivity contribution in [3.05, 3.63) is 35.4 Å². The lowest BCUT2D eigenvalue weighted by Crippen LogP contribution is -2.63. The number of methoxy groups -OCH3 is 1. The Hall–Kier alpha value is -1.85. The van der Waals surface area contributed by atoms with E-state index in [1.54, 1.807) is 13.2 Å². The summed E-state index contributed by atoms with van der Waals surface area (Å²) in [5.74, 6) is 1.18. The van der Waals surface area contributed by atoms with Gasteiger partial charge in [-0.2, -0.15) is 0 Å². The number of benzene rings is 1. The number of nitrogens with one attached hydrogen (secondary N) is 1. The molecule has 1 heterocycles. The van der Waals surface area contributed by atoms with Crippen LogP contribution in [0.15, 0.2) is 24.3 Å². The van der Waals surface area contributed by atoms with Gasteiger partial charge in [0, 0.05) is 11.6 Å². The second kappa shape index (κ2) is 4.03. The highest BCUT2D eigenvalue weighted by Gasteiger charge is 2.77. The van der Waals surface area contributed by atoms with Crippen LogP contribution in [0.3, 0.4) is 0 Å². The molecule has 1 aromatic rings. The minimum Gasteiger partial charge on any atom is -0.493 e. The minimum atomic E-state index is -1.15. The van der Waals surface area contributed by atoms with E-state index < -0.39 is 17.1 Å². The highest BCUT2D eigenvalue weighted by Crippen LogP contribution is 2.70. The smallest absolute Gasteiger partial charge is 0.196 e. The van der Waals surface area contributed by atoms with Gasteiger partial charge in [0.25, 0.3) is 0 Å². The summed E-state index contributed by atoms with van der Waals surface area (Å²) in [5, 5.41) is 15.1. The third-order valence-corrected chi connectivity index (χ3v) is 6.73. The Morgan fingerprint density at radius 1 is 1.42 bits per heavy atom. The maximum absolute atomic E-state index is 12.7. The van der Waals surface area contributed by atoms with Crippen molar-refractivity contribution in [2.24, 2.45) is 5.41 Å². The molecular weight excluding hydrogens is 306 g/mol. The van der Waals surface area contributed by atoms with Crippen molar-refractivity contribution >= 4 is 5.78 Å². The van der Waals surface area contributed by atoms with E-state index in [0.717, 1.165) is 24.0 Å². The highest BCUT2D eigenvalue weighted by molar-refractivity contribution is 5.99. The van der Waals surface area contributed by atoms with Gasteiger partial charge in [-0.15, -0.1) is 0 Å². The van der Waals surface area contributed by atoms with Crippen LogP contribution in [-0.4, -0.2) is 42.8 Å². The van der Waals surface area contributed by atoms with Gasteiger partial charge < -0.3 is 19.9 Å². The molecule has 0 radical (unpaired) electrons. The Balaban J connectivity index is 1.90. The molecule has 0 aromatic heterocycles. The van der Waals surface area contributed by atoms with E-state index in [1.807, 2.05) is 13.1 Å². The summed E-state index contributed by atoms with van der Waals surface area (Å²) in [6.45, 7) is 2.19. The van der Waals surface area contributed by atoms with Gasteiger partial charge in [-0.1, -0.05) is 13.0 Å². The molecule has 3 aliphatic carbocycles. The van der Waals surface area contributed by atoms with Crippen molar-refractivity contribution in [1.82, 2.24) is 5.32 Å².